The van der Waals surface area contributed by atoms with Crippen molar-refractivity contribution in [2.75, 3.05) is 6.61 Å². The standard InChI is InChI=1S/C9H18BrNO2/c1-4-7(10)8(13)11-9(3,5-2)6-12/h7,12H,4-6H2,1-3H3,(H,11,13). The lowest BCUT2D eigenvalue weighted by Gasteiger charge is -2.28. The number of carbonyl (C=O) groups is 1. The van der Waals surface area contributed by atoms with Gasteiger partial charge in [0.25, 0.3) is 0 Å². The second-order valence-corrected chi connectivity index (χ2v) is 4.54. The number of amides is 1. The van der Waals surface area contributed by atoms with Gasteiger partial charge in [-0.05, 0) is 19.8 Å². The molecule has 0 aromatic rings. The highest BCUT2D eigenvalue weighted by molar-refractivity contribution is 9.10. The van der Waals surface area contributed by atoms with Crippen LogP contribution in [0, 0.1) is 0 Å². The maximum absolute atomic E-state index is 11.4. The van der Waals surface area contributed by atoms with E-state index in [1.54, 1.807) is 0 Å². The second kappa shape index (κ2) is 5.60. The van der Waals surface area contributed by atoms with E-state index in [-0.39, 0.29) is 17.3 Å². The number of rotatable bonds is 5. The minimum Gasteiger partial charge on any atom is -0.394 e. The van der Waals surface area contributed by atoms with E-state index in [9.17, 15) is 4.79 Å². The molecule has 3 nitrogen and oxygen atoms in total. The number of alkyl halides is 1. The van der Waals surface area contributed by atoms with Gasteiger partial charge in [0.2, 0.25) is 5.91 Å². The van der Waals surface area contributed by atoms with E-state index in [0.29, 0.717) is 0 Å². The number of carbonyl (C=O) groups excluding carboxylic acids is 1. The van der Waals surface area contributed by atoms with E-state index in [4.69, 9.17) is 5.11 Å². The molecule has 1 amide bonds. The monoisotopic (exact) mass is 251 g/mol. The van der Waals surface area contributed by atoms with Gasteiger partial charge in [0.05, 0.1) is 17.0 Å². The molecule has 0 aromatic carbocycles. The fourth-order valence-electron chi connectivity index (χ4n) is 0.801. The number of aliphatic hydroxyl groups is 1. The van der Waals surface area contributed by atoms with Crippen molar-refractivity contribution in [1.82, 2.24) is 5.32 Å². The summed E-state index contributed by atoms with van der Waals surface area (Å²) in [6.07, 6.45) is 1.47. The zero-order valence-corrected chi connectivity index (χ0v) is 10.0. The van der Waals surface area contributed by atoms with E-state index in [1.807, 2.05) is 20.8 Å². The molecule has 13 heavy (non-hydrogen) atoms. The molecular weight excluding hydrogens is 234 g/mol. The molecule has 0 radical (unpaired) electrons. The molecule has 0 fully saturated rings. The molecule has 2 unspecified atom stereocenters. The van der Waals surface area contributed by atoms with Gasteiger partial charge in [-0.2, -0.15) is 0 Å². The summed E-state index contributed by atoms with van der Waals surface area (Å²) in [5.41, 5.74) is -0.488. The number of hydrogen-bond donors (Lipinski definition) is 2. The van der Waals surface area contributed by atoms with E-state index in [2.05, 4.69) is 21.2 Å². The van der Waals surface area contributed by atoms with Crippen LogP contribution in [0.15, 0.2) is 0 Å². The summed E-state index contributed by atoms with van der Waals surface area (Å²) < 4.78 is 0. The fraction of sp³-hybridized carbons (Fsp3) is 0.889. The molecule has 0 aliphatic rings. The third kappa shape index (κ3) is 4.09. The number of halogens is 1. The quantitative estimate of drug-likeness (QED) is 0.727. The van der Waals surface area contributed by atoms with Gasteiger partial charge < -0.3 is 10.4 Å². The normalized spacial score (nSPS) is 17.6. The van der Waals surface area contributed by atoms with Crippen LogP contribution in [0.2, 0.25) is 0 Å². The summed E-state index contributed by atoms with van der Waals surface area (Å²) >= 11 is 3.26. The molecule has 0 heterocycles. The Hall–Kier alpha value is -0.0900. The summed E-state index contributed by atoms with van der Waals surface area (Å²) in [4.78, 5) is 11.3. The molecule has 2 atom stereocenters. The van der Waals surface area contributed by atoms with Crippen LogP contribution in [-0.4, -0.2) is 28.0 Å². The topological polar surface area (TPSA) is 49.3 Å². The predicted octanol–water partition coefficient (Wildman–Crippen LogP) is 1.44. The Kier molecular flexibility index (Phi) is 5.56. The molecule has 0 saturated carbocycles. The van der Waals surface area contributed by atoms with Gasteiger partial charge in [-0.15, -0.1) is 0 Å². The van der Waals surface area contributed by atoms with Crippen molar-refractivity contribution in [2.24, 2.45) is 0 Å². The average Bonchev–Trinajstić information content (AvgIpc) is 2.16. The molecule has 4 heteroatoms. The molecular formula is C9H18BrNO2. The summed E-state index contributed by atoms with van der Waals surface area (Å²) in [6.45, 7) is 5.67. The van der Waals surface area contributed by atoms with Gasteiger partial charge in [0.15, 0.2) is 0 Å². The van der Waals surface area contributed by atoms with Crippen molar-refractivity contribution in [3.63, 3.8) is 0 Å². The lowest BCUT2D eigenvalue weighted by atomic mass is 10.00. The van der Waals surface area contributed by atoms with Crippen LogP contribution in [0.1, 0.15) is 33.6 Å². The van der Waals surface area contributed by atoms with Crippen LogP contribution in [0.25, 0.3) is 0 Å². The summed E-state index contributed by atoms with van der Waals surface area (Å²) in [6, 6.07) is 0. The zero-order chi connectivity index (χ0) is 10.5. The van der Waals surface area contributed by atoms with Crippen LogP contribution < -0.4 is 5.32 Å². The maximum Gasteiger partial charge on any atom is 0.234 e. The summed E-state index contributed by atoms with van der Waals surface area (Å²) in [5, 5.41) is 11.9. The van der Waals surface area contributed by atoms with Crippen molar-refractivity contribution in [3.05, 3.63) is 0 Å². The maximum atomic E-state index is 11.4. The summed E-state index contributed by atoms with van der Waals surface area (Å²) in [5.74, 6) is -0.0547. The third-order valence-electron chi connectivity index (χ3n) is 2.20. The molecule has 0 spiro atoms. The van der Waals surface area contributed by atoms with E-state index < -0.39 is 5.54 Å². The number of hydrogen-bond acceptors (Lipinski definition) is 2. The molecule has 2 N–H and O–H groups in total. The first-order chi connectivity index (χ1) is 5.99. The van der Waals surface area contributed by atoms with Gasteiger partial charge in [0, 0.05) is 0 Å². The zero-order valence-electron chi connectivity index (χ0n) is 8.43. The lowest BCUT2D eigenvalue weighted by molar-refractivity contribution is -0.122. The van der Waals surface area contributed by atoms with Gasteiger partial charge >= 0.3 is 0 Å². The van der Waals surface area contributed by atoms with E-state index in [0.717, 1.165) is 12.8 Å². The van der Waals surface area contributed by atoms with Crippen molar-refractivity contribution >= 4 is 21.8 Å². The molecule has 0 saturated heterocycles. The minimum absolute atomic E-state index is 0.0291. The lowest BCUT2D eigenvalue weighted by Crippen LogP contribution is -2.50. The SMILES string of the molecule is CCC(Br)C(=O)NC(C)(CC)CO. The Morgan fingerprint density at radius 1 is 1.62 bits per heavy atom. The van der Waals surface area contributed by atoms with E-state index >= 15 is 0 Å². The Labute approximate surface area is 88.0 Å². The van der Waals surface area contributed by atoms with Gasteiger partial charge in [-0.25, -0.2) is 0 Å². The highest BCUT2D eigenvalue weighted by Crippen LogP contribution is 2.11. The minimum atomic E-state index is -0.488. The van der Waals surface area contributed by atoms with Crippen LogP contribution in [0.4, 0.5) is 0 Å². The van der Waals surface area contributed by atoms with Gasteiger partial charge in [0.1, 0.15) is 0 Å². The van der Waals surface area contributed by atoms with Crippen LogP contribution >= 0.6 is 15.9 Å². The molecule has 0 aliphatic heterocycles. The Morgan fingerprint density at radius 3 is 2.46 bits per heavy atom. The van der Waals surface area contributed by atoms with Crippen LogP contribution in [0.5, 0.6) is 0 Å². The highest BCUT2D eigenvalue weighted by atomic mass is 79.9. The smallest absolute Gasteiger partial charge is 0.234 e. The summed E-state index contributed by atoms with van der Waals surface area (Å²) in [7, 11) is 0. The Balaban J connectivity index is 4.17. The van der Waals surface area contributed by atoms with Gasteiger partial charge in [-0.1, -0.05) is 29.8 Å². The Morgan fingerprint density at radius 2 is 2.15 bits per heavy atom. The number of nitrogens with one attached hydrogen (secondary N) is 1. The fourth-order valence-corrected chi connectivity index (χ4v) is 0.915. The molecule has 0 aromatic heterocycles. The first-order valence-electron chi connectivity index (χ1n) is 4.56. The second-order valence-electron chi connectivity index (χ2n) is 3.44. The average molecular weight is 252 g/mol. The van der Waals surface area contributed by atoms with Crippen molar-refractivity contribution in [1.29, 1.82) is 0 Å². The first kappa shape index (κ1) is 12.9. The van der Waals surface area contributed by atoms with E-state index in [1.165, 1.54) is 0 Å². The predicted molar refractivity (Wildman–Crippen MR) is 56.9 cm³/mol. The highest BCUT2D eigenvalue weighted by Gasteiger charge is 2.25. The van der Waals surface area contributed by atoms with Crippen molar-refractivity contribution in [3.8, 4) is 0 Å². The molecule has 0 aliphatic carbocycles. The molecule has 0 bridgehead atoms. The number of aliphatic hydroxyl groups excluding tert-OH is 1. The van der Waals surface area contributed by atoms with Crippen molar-refractivity contribution < 1.29 is 9.90 Å². The van der Waals surface area contributed by atoms with Gasteiger partial charge in [-0.3, -0.25) is 4.79 Å². The molecule has 78 valence electrons. The molecule has 0 rings (SSSR count). The first-order valence-corrected chi connectivity index (χ1v) is 5.47. The third-order valence-corrected chi connectivity index (χ3v) is 3.26. The van der Waals surface area contributed by atoms with Crippen LogP contribution in [0.3, 0.4) is 0 Å². The van der Waals surface area contributed by atoms with Crippen LogP contribution in [-0.2, 0) is 4.79 Å². The Bertz CT molecular complexity index is 169. The largest absolute Gasteiger partial charge is 0.394 e. The van der Waals surface area contributed by atoms with Crippen molar-refractivity contribution in [2.45, 2.75) is 44.0 Å².